The topological polar surface area (TPSA) is 33.3 Å². The first-order chi connectivity index (χ1) is 10.4. The molecule has 0 radical (unpaired) electrons. The van der Waals surface area contributed by atoms with E-state index in [0.717, 1.165) is 49.6 Å². The quantitative estimate of drug-likeness (QED) is 0.839. The van der Waals surface area contributed by atoms with Crippen molar-refractivity contribution in [3.05, 3.63) is 0 Å². The second kappa shape index (κ2) is 6.55. The highest BCUT2D eigenvalue weighted by atomic mass is 16.5. The monoisotopic (exact) mass is 292 g/mol. The summed E-state index contributed by atoms with van der Waals surface area (Å²) in [6.07, 6.45) is 13.1. The molecule has 0 bridgehead atoms. The van der Waals surface area contributed by atoms with Gasteiger partial charge < -0.3 is 15.4 Å². The number of fused-ring (bicyclic) bond motifs is 1. The Hall–Kier alpha value is -0.120. The fraction of sp³-hybridized carbons (Fsp3) is 1.00. The van der Waals surface area contributed by atoms with E-state index in [1.165, 1.54) is 57.8 Å². The lowest BCUT2D eigenvalue weighted by Crippen LogP contribution is -2.53. The molecular formula is C18H32N2O. The molecule has 3 nitrogen and oxygen atoms in total. The molecule has 4 fully saturated rings. The maximum absolute atomic E-state index is 5.70. The molecule has 0 aromatic heterocycles. The minimum Gasteiger partial charge on any atom is -0.379 e. The molecule has 1 aliphatic heterocycles. The van der Waals surface area contributed by atoms with Crippen LogP contribution in [-0.2, 0) is 4.74 Å². The average Bonchev–Trinajstić information content (AvgIpc) is 3.16. The van der Waals surface area contributed by atoms with Crippen molar-refractivity contribution in [3.8, 4) is 0 Å². The van der Waals surface area contributed by atoms with Gasteiger partial charge in [0, 0.05) is 24.7 Å². The van der Waals surface area contributed by atoms with Crippen LogP contribution in [0.5, 0.6) is 0 Å². The molecule has 1 heterocycles. The molecule has 3 aliphatic carbocycles. The van der Waals surface area contributed by atoms with Crippen molar-refractivity contribution in [1.82, 2.24) is 10.6 Å². The van der Waals surface area contributed by atoms with E-state index < -0.39 is 0 Å². The van der Waals surface area contributed by atoms with Crippen LogP contribution in [0, 0.1) is 17.8 Å². The van der Waals surface area contributed by atoms with Crippen molar-refractivity contribution in [1.29, 1.82) is 0 Å². The maximum Gasteiger partial charge on any atom is 0.0623 e. The van der Waals surface area contributed by atoms with Crippen molar-refractivity contribution >= 4 is 0 Å². The Kier molecular flexibility index (Phi) is 4.52. The van der Waals surface area contributed by atoms with Gasteiger partial charge in [-0.1, -0.05) is 25.7 Å². The van der Waals surface area contributed by atoms with Gasteiger partial charge in [-0.3, -0.25) is 0 Å². The maximum atomic E-state index is 5.70. The van der Waals surface area contributed by atoms with E-state index in [1.54, 1.807) is 0 Å². The van der Waals surface area contributed by atoms with Gasteiger partial charge in [-0.25, -0.2) is 0 Å². The first kappa shape index (κ1) is 14.5. The zero-order chi connectivity index (χ0) is 14.1. The third-order valence-electron chi connectivity index (χ3n) is 6.78. The molecule has 4 rings (SSSR count). The molecule has 0 amide bonds. The molecule has 2 N–H and O–H groups in total. The van der Waals surface area contributed by atoms with Crippen LogP contribution in [0.4, 0.5) is 0 Å². The van der Waals surface area contributed by atoms with Crippen molar-refractivity contribution < 1.29 is 4.74 Å². The van der Waals surface area contributed by atoms with Crippen LogP contribution in [-0.4, -0.2) is 37.9 Å². The Bertz CT molecular complexity index is 342. The number of hydrogen-bond acceptors (Lipinski definition) is 3. The van der Waals surface area contributed by atoms with Crippen LogP contribution in [0.15, 0.2) is 0 Å². The standard InChI is InChI=1S/C18H32N2O/c1-3-13-7-8-15(11-14(13)4-1)20-17-6-2-5-16(17)18-12-21-10-9-19-18/h13-20H,1-12H2. The molecule has 1 saturated heterocycles. The van der Waals surface area contributed by atoms with Gasteiger partial charge >= 0.3 is 0 Å². The summed E-state index contributed by atoms with van der Waals surface area (Å²) in [5.74, 6) is 2.93. The largest absolute Gasteiger partial charge is 0.379 e. The van der Waals surface area contributed by atoms with Crippen molar-refractivity contribution in [2.24, 2.45) is 17.8 Å². The molecule has 6 atom stereocenters. The third-order valence-corrected chi connectivity index (χ3v) is 6.78. The van der Waals surface area contributed by atoms with Gasteiger partial charge in [-0.2, -0.15) is 0 Å². The molecule has 6 unspecified atom stereocenters. The van der Waals surface area contributed by atoms with Crippen molar-refractivity contribution in [3.63, 3.8) is 0 Å². The van der Waals surface area contributed by atoms with Crippen LogP contribution < -0.4 is 10.6 Å². The molecule has 4 aliphatic rings. The summed E-state index contributed by atoms with van der Waals surface area (Å²) in [5.41, 5.74) is 0. The van der Waals surface area contributed by atoms with E-state index in [4.69, 9.17) is 4.74 Å². The summed E-state index contributed by atoms with van der Waals surface area (Å²) < 4.78 is 5.70. The third kappa shape index (κ3) is 3.16. The van der Waals surface area contributed by atoms with Crippen molar-refractivity contribution in [2.45, 2.75) is 75.9 Å². The number of nitrogens with one attached hydrogen (secondary N) is 2. The fourth-order valence-corrected chi connectivity index (χ4v) is 5.69. The first-order valence-corrected chi connectivity index (χ1v) is 9.47. The van der Waals surface area contributed by atoms with Gasteiger partial charge in [-0.05, 0) is 49.9 Å². The van der Waals surface area contributed by atoms with Gasteiger partial charge in [0.1, 0.15) is 0 Å². The van der Waals surface area contributed by atoms with Gasteiger partial charge in [0.05, 0.1) is 13.2 Å². The summed E-state index contributed by atoms with van der Waals surface area (Å²) in [6.45, 7) is 2.87. The van der Waals surface area contributed by atoms with Crippen molar-refractivity contribution in [2.75, 3.05) is 19.8 Å². The highest BCUT2D eigenvalue weighted by Gasteiger charge is 2.38. The van der Waals surface area contributed by atoms with E-state index in [0.29, 0.717) is 6.04 Å². The number of hydrogen-bond donors (Lipinski definition) is 2. The van der Waals surface area contributed by atoms with E-state index in [1.807, 2.05) is 0 Å². The Labute approximate surface area is 129 Å². The predicted molar refractivity (Wildman–Crippen MR) is 85.3 cm³/mol. The molecular weight excluding hydrogens is 260 g/mol. The summed E-state index contributed by atoms with van der Waals surface area (Å²) in [6, 6.07) is 2.15. The number of rotatable bonds is 3. The van der Waals surface area contributed by atoms with Crippen LogP contribution in [0.25, 0.3) is 0 Å². The number of morpholine rings is 1. The normalized spacial score (nSPS) is 47.4. The van der Waals surface area contributed by atoms with Crippen LogP contribution in [0.3, 0.4) is 0 Å². The van der Waals surface area contributed by atoms with Crippen LogP contribution >= 0.6 is 0 Å². The lowest BCUT2D eigenvalue weighted by atomic mass is 9.78. The molecule has 3 saturated carbocycles. The van der Waals surface area contributed by atoms with E-state index in [2.05, 4.69) is 10.6 Å². The Balaban J connectivity index is 1.32. The zero-order valence-corrected chi connectivity index (χ0v) is 13.4. The minimum atomic E-state index is 0.599. The molecule has 3 heteroatoms. The molecule has 0 aromatic carbocycles. The molecule has 0 spiro atoms. The summed E-state index contributed by atoms with van der Waals surface area (Å²) >= 11 is 0. The summed E-state index contributed by atoms with van der Waals surface area (Å²) in [5, 5.41) is 7.78. The highest BCUT2D eigenvalue weighted by molar-refractivity contribution is 4.95. The summed E-state index contributed by atoms with van der Waals surface area (Å²) in [7, 11) is 0. The predicted octanol–water partition coefficient (Wildman–Crippen LogP) is 2.70. The van der Waals surface area contributed by atoms with E-state index in [-0.39, 0.29) is 0 Å². The Morgan fingerprint density at radius 1 is 0.905 bits per heavy atom. The zero-order valence-electron chi connectivity index (χ0n) is 13.4. The van der Waals surface area contributed by atoms with E-state index >= 15 is 0 Å². The fourth-order valence-electron chi connectivity index (χ4n) is 5.69. The second-order valence-electron chi connectivity index (χ2n) is 7.96. The minimum absolute atomic E-state index is 0.599. The highest BCUT2D eigenvalue weighted by Crippen LogP contribution is 2.42. The van der Waals surface area contributed by atoms with Gasteiger partial charge in [0.2, 0.25) is 0 Å². The van der Waals surface area contributed by atoms with Crippen LogP contribution in [0.1, 0.15) is 57.8 Å². The average molecular weight is 292 g/mol. The lowest BCUT2D eigenvalue weighted by molar-refractivity contribution is 0.0505. The first-order valence-electron chi connectivity index (χ1n) is 9.47. The van der Waals surface area contributed by atoms with E-state index in [9.17, 15) is 0 Å². The Morgan fingerprint density at radius 3 is 2.71 bits per heavy atom. The smallest absolute Gasteiger partial charge is 0.0623 e. The Morgan fingerprint density at radius 2 is 1.81 bits per heavy atom. The molecule has 21 heavy (non-hydrogen) atoms. The molecule has 120 valence electrons. The number of ether oxygens (including phenoxy) is 1. The lowest BCUT2D eigenvalue weighted by Gasteiger charge is -2.38. The SMILES string of the molecule is C1CC2CCC(NC3CCCC3C3COCCN3)CC2C1. The van der Waals surface area contributed by atoms with Gasteiger partial charge in [0.25, 0.3) is 0 Å². The molecule has 0 aromatic rings. The van der Waals surface area contributed by atoms with Gasteiger partial charge in [-0.15, -0.1) is 0 Å². The van der Waals surface area contributed by atoms with Gasteiger partial charge in [0.15, 0.2) is 0 Å². The second-order valence-corrected chi connectivity index (χ2v) is 7.96. The summed E-state index contributed by atoms with van der Waals surface area (Å²) in [4.78, 5) is 0. The van der Waals surface area contributed by atoms with Crippen LogP contribution in [0.2, 0.25) is 0 Å².